The van der Waals surface area contributed by atoms with Crippen molar-refractivity contribution >= 4 is 0 Å². The Kier molecular flexibility index (Phi) is 3.87. The maximum atomic E-state index is 6.14. The molecule has 0 radical (unpaired) electrons. The van der Waals surface area contributed by atoms with E-state index < -0.39 is 0 Å². The second-order valence-electron chi connectivity index (χ2n) is 7.33. The molecule has 1 aromatic carbocycles. The topological polar surface area (TPSA) is 30.5 Å². The molecule has 21 heavy (non-hydrogen) atoms. The Labute approximate surface area is 128 Å². The molecule has 1 heterocycles. The van der Waals surface area contributed by atoms with Crippen LogP contribution in [0, 0.1) is 0 Å². The molecule has 3 nitrogen and oxygen atoms in total. The van der Waals surface area contributed by atoms with Crippen molar-refractivity contribution in [2.24, 2.45) is 0 Å². The molecule has 1 aliphatic carbocycles. The smallest absolute Gasteiger partial charge is 0.128 e. The van der Waals surface area contributed by atoms with Crippen molar-refractivity contribution in [1.82, 2.24) is 5.32 Å². The van der Waals surface area contributed by atoms with Gasteiger partial charge in [-0.25, -0.2) is 0 Å². The molecule has 1 aromatic rings. The van der Waals surface area contributed by atoms with E-state index in [1.165, 1.54) is 24.0 Å². The number of methoxy groups -OCH3 is 1. The van der Waals surface area contributed by atoms with Crippen LogP contribution >= 0.6 is 0 Å². The van der Waals surface area contributed by atoms with Gasteiger partial charge in [0.25, 0.3) is 0 Å². The summed E-state index contributed by atoms with van der Waals surface area (Å²) in [5.41, 5.74) is 2.58. The molecule has 0 spiro atoms. The summed E-state index contributed by atoms with van der Waals surface area (Å²) >= 11 is 0. The molecular weight excluding hydrogens is 262 g/mol. The van der Waals surface area contributed by atoms with Gasteiger partial charge in [0, 0.05) is 23.2 Å². The highest BCUT2D eigenvalue weighted by molar-refractivity contribution is 5.52. The molecule has 0 amide bonds. The lowest BCUT2D eigenvalue weighted by Crippen LogP contribution is -2.24. The van der Waals surface area contributed by atoms with E-state index in [-0.39, 0.29) is 5.41 Å². The van der Waals surface area contributed by atoms with E-state index in [0.29, 0.717) is 12.1 Å². The molecule has 0 saturated heterocycles. The van der Waals surface area contributed by atoms with E-state index >= 15 is 0 Å². The SMILES string of the molecule is COc1cc2c(c(C(C)(C)C)c1)OCCCC2NC1CC1. The van der Waals surface area contributed by atoms with Gasteiger partial charge in [0.1, 0.15) is 11.5 Å². The van der Waals surface area contributed by atoms with Gasteiger partial charge in [-0.15, -0.1) is 0 Å². The molecule has 116 valence electrons. The van der Waals surface area contributed by atoms with Crippen LogP contribution in [-0.4, -0.2) is 19.8 Å². The summed E-state index contributed by atoms with van der Waals surface area (Å²) in [5, 5.41) is 3.78. The molecule has 1 saturated carbocycles. The van der Waals surface area contributed by atoms with Gasteiger partial charge < -0.3 is 14.8 Å². The van der Waals surface area contributed by atoms with Gasteiger partial charge in [-0.1, -0.05) is 20.8 Å². The van der Waals surface area contributed by atoms with Crippen LogP contribution in [0.1, 0.15) is 63.6 Å². The first-order chi connectivity index (χ1) is 9.99. The maximum absolute atomic E-state index is 6.14. The molecule has 1 N–H and O–H groups in total. The summed E-state index contributed by atoms with van der Waals surface area (Å²) in [7, 11) is 1.75. The van der Waals surface area contributed by atoms with Gasteiger partial charge in [0.05, 0.1) is 13.7 Å². The minimum atomic E-state index is 0.0487. The highest BCUT2D eigenvalue weighted by Gasteiger charge is 2.31. The van der Waals surface area contributed by atoms with Crippen molar-refractivity contribution in [3.05, 3.63) is 23.3 Å². The average Bonchev–Trinajstić information content (AvgIpc) is 3.25. The number of rotatable bonds is 3. The monoisotopic (exact) mass is 289 g/mol. The molecule has 0 bridgehead atoms. The highest BCUT2D eigenvalue weighted by Crippen LogP contribution is 2.43. The Balaban J connectivity index is 2.07. The van der Waals surface area contributed by atoms with Crippen LogP contribution < -0.4 is 14.8 Å². The Morgan fingerprint density at radius 3 is 2.57 bits per heavy atom. The van der Waals surface area contributed by atoms with Crippen molar-refractivity contribution in [2.45, 2.75) is 64.0 Å². The van der Waals surface area contributed by atoms with E-state index in [4.69, 9.17) is 9.47 Å². The fraction of sp³-hybridized carbons (Fsp3) is 0.667. The third-order valence-corrected chi connectivity index (χ3v) is 4.41. The van der Waals surface area contributed by atoms with Crippen LogP contribution in [-0.2, 0) is 5.41 Å². The Morgan fingerprint density at radius 2 is 1.95 bits per heavy atom. The number of ether oxygens (including phenoxy) is 2. The first-order valence-corrected chi connectivity index (χ1v) is 8.10. The van der Waals surface area contributed by atoms with Crippen LogP contribution in [0.4, 0.5) is 0 Å². The summed E-state index contributed by atoms with van der Waals surface area (Å²) in [4.78, 5) is 0. The zero-order valence-corrected chi connectivity index (χ0v) is 13.7. The van der Waals surface area contributed by atoms with Crippen LogP contribution in [0.5, 0.6) is 11.5 Å². The Bertz CT molecular complexity index is 515. The predicted octanol–water partition coefficient (Wildman–Crippen LogP) is 3.96. The fourth-order valence-corrected chi connectivity index (χ4v) is 3.04. The first-order valence-electron chi connectivity index (χ1n) is 8.10. The molecule has 0 aromatic heterocycles. The number of benzene rings is 1. The average molecular weight is 289 g/mol. The maximum Gasteiger partial charge on any atom is 0.128 e. The number of fused-ring (bicyclic) bond motifs is 1. The Morgan fingerprint density at radius 1 is 1.19 bits per heavy atom. The number of nitrogens with one attached hydrogen (secondary N) is 1. The minimum Gasteiger partial charge on any atom is -0.497 e. The molecule has 1 unspecified atom stereocenters. The summed E-state index contributed by atoms with van der Waals surface area (Å²) in [6, 6.07) is 5.39. The fourth-order valence-electron chi connectivity index (χ4n) is 3.04. The third-order valence-electron chi connectivity index (χ3n) is 4.41. The van der Waals surface area contributed by atoms with Crippen molar-refractivity contribution in [2.75, 3.05) is 13.7 Å². The summed E-state index contributed by atoms with van der Waals surface area (Å²) in [6.07, 6.45) is 4.86. The molecule has 1 atom stereocenters. The molecule has 3 heteroatoms. The van der Waals surface area contributed by atoms with Gasteiger partial charge in [-0.05, 0) is 43.2 Å². The van der Waals surface area contributed by atoms with E-state index in [1.807, 2.05) is 0 Å². The van der Waals surface area contributed by atoms with Gasteiger partial charge in [0.15, 0.2) is 0 Å². The van der Waals surface area contributed by atoms with Crippen LogP contribution in [0.2, 0.25) is 0 Å². The molecule has 1 aliphatic heterocycles. The summed E-state index contributed by atoms with van der Waals surface area (Å²) in [5.74, 6) is 2.02. The molecule has 2 aliphatic rings. The van der Waals surface area contributed by atoms with Crippen molar-refractivity contribution in [1.29, 1.82) is 0 Å². The lowest BCUT2D eigenvalue weighted by atomic mass is 9.83. The van der Waals surface area contributed by atoms with Gasteiger partial charge in [0.2, 0.25) is 0 Å². The lowest BCUT2D eigenvalue weighted by molar-refractivity contribution is 0.306. The van der Waals surface area contributed by atoms with Gasteiger partial charge >= 0.3 is 0 Å². The zero-order chi connectivity index (χ0) is 15.0. The predicted molar refractivity (Wildman–Crippen MR) is 85.3 cm³/mol. The minimum absolute atomic E-state index is 0.0487. The quantitative estimate of drug-likeness (QED) is 0.913. The Hall–Kier alpha value is -1.22. The van der Waals surface area contributed by atoms with E-state index in [9.17, 15) is 0 Å². The molecular formula is C18H27NO2. The normalized spacial score (nSPS) is 22.2. The van der Waals surface area contributed by atoms with Crippen molar-refractivity contribution in [3.8, 4) is 11.5 Å². The molecule has 3 rings (SSSR count). The van der Waals surface area contributed by atoms with Crippen molar-refractivity contribution in [3.63, 3.8) is 0 Å². The van der Waals surface area contributed by atoms with Crippen molar-refractivity contribution < 1.29 is 9.47 Å². The van der Waals surface area contributed by atoms with E-state index in [0.717, 1.165) is 30.9 Å². The van der Waals surface area contributed by atoms with E-state index in [1.54, 1.807) is 7.11 Å². The zero-order valence-electron chi connectivity index (χ0n) is 13.7. The second-order valence-corrected chi connectivity index (χ2v) is 7.33. The molecule has 1 fully saturated rings. The standard InChI is InChI=1S/C18H27NO2/c1-18(2,3)15-11-13(20-4)10-14-16(19-12-7-8-12)6-5-9-21-17(14)15/h10-12,16,19H,5-9H2,1-4H3. The van der Waals surface area contributed by atoms with Crippen LogP contribution in [0.3, 0.4) is 0 Å². The van der Waals surface area contributed by atoms with Gasteiger partial charge in [-0.2, -0.15) is 0 Å². The summed E-state index contributed by atoms with van der Waals surface area (Å²) in [6.45, 7) is 7.52. The largest absolute Gasteiger partial charge is 0.497 e. The number of hydrogen-bond donors (Lipinski definition) is 1. The highest BCUT2D eigenvalue weighted by atomic mass is 16.5. The third kappa shape index (κ3) is 3.18. The second kappa shape index (κ2) is 5.53. The lowest BCUT2D eigenvalue weighted by Gasteiger charge is -2.27. The first kappa shape index (κ1) is 14.7. The van der Waals surface area contributed by atoms with E-state index in [2.05, 4.69) is 38.2 Å². The summed E-state index contributed by atoms with van der Waals surface area (Å²) < 4.78 is 11.7. The van der Waals surface area contributed by atoms with Crippen LogP contribution in [0.25, 0.3) is 0 Å². The van der Waals surface area contributed by atoms with Gasteiger partial charge in [-0.3, -0.25) is 0 Å². The number of hydrogen-bond acceptors (Lipinski definition) is 3. The van der Waals surface area contributed by atoms with Crippen LogP contribution in [0.15, 0.2) is 12.1 Å².